The molecule has 450 valence electrons. The molecule has 18 rings (SSSR count). The molecule has 3 heterocycles. The lowest BCUT2D eigenvalue weighted by Gasteiger charge is -2.46. The highest BCUT2D eigenvalue weighted by Gasteiger charge is 2.48. The van der Waals surface area contributed by atoms with Crippen LogP contribution in [-0.2, 0) is 0 Å². The van der Waals surface area contributed by atoms with E-state index in [1.54, 1.807) is 0 Å². The van der Waals surface area contributed by atoms with Crippen molar-refractivity contribution < 1.29 is 0 Å². The van der Waals surface area contributed by atoms with E-state index < -0.39 is 16.1 Å². The van der Waals surface area contributed by atoms with E-state index in [1.165, 1.54) is 85.5 Å². The number of fused-ring (bicyclic) bond motifs is 7. The summed E-state index contributed by atoms with van der Waals surface area (Å²) in [5, 5.41) is 13.0. The first-order chi connectivity index (χ1) is 47.7. The highest BCUT2D eigenvalue weighted by Crippen LogP contribution is 2.49. The fraction of sp³-hybridized carbons (Fsp3) is 0. The molecule has 0 atom stereocenters. The van der Waals surface area contributed by atoms with E-state index in [1.807, 2.05) is 0 Å². The fourth-order valence-electron chi connectivity index (χ4n) is 16.5. The predicted molar refractivity (Wildman–Crippen MR) is 413 cm³/mol. The van der Waals surface area contributed by atoms with Crippen LogP contribution in [0.4, 0.5) is 34.1 Å². The van der Waals surface area contributed by atoms with Crippen LogP contribution in [0, 0.1) is 0 Å². The number of anilines is 6. The minimum Gasteiger partial charge on any atom is -0.311 e. The maximum Gasteiger partial charge on any atom is 0.252 e. The first-order valence-corrected chi connectivity index (χ1v) is 37.3. The van der Waals surface area contributed by atoms with Gasteiger partial charge in [-0.25, -0.2) is 0 Å². The van der Waals surface area contributed by atoms with Crippen LogP contribution in [0.1, 0.15) is 0 Å². The summed E-state index contributed by atoms with van der Waals surface area (Å²) in [6.45, 7) is -0.203. The largest absolute Gasteiger partial charge is 0.311 e. The number of para-hydroxylation sites is 3. The number of rotatable bonds is 13. The van der Waals surface area contributed by atoms with Gasteiger partial charge in [-0.3, -0.25) is 0 Å². The molecule has 96 heavy (non-hydrogen) atoms. The molecule has 0 aliphatic carbocycles. The lowest BCUT2D eigenvalue weighted by atomic mass is 9.33. The van der Waals surface area contributed by atoms with E-state index in [0.717, 1.165) is 56.3 Å². The molecule has 0 fully saturated rings. The van der Waals surface area contributed by atoms with E-state index in [9.17, 15) is 0 Å². The van der Waals surface area contributed by atoms with Crippen LogP contribution >= 0.6 is 0 Å². The second-order valence-corrected chi connectivity index (χ2v) is 33.0. The third-order valence-electron chi connectivity index (χ3n) is 20.4. The van der Waals surface area contributed by atoms with E-state index in [4.69, 9.17) is 0 Å². The molecule has 16 aromatic rings. The van der Waals surface area contributed by atoms with Crippen molar-refractivity contribution in [1.29, 1.82) is 0 Å². The van der Waals surface area contributed by atoms with Gasteiger partial charge in [0.2, 0.25) is 0 Å². The zero-order chi connectivity index (χ0) is 63.6. The zero-order valence-electron chi connectivity index (χ0n) is 52.9. The quantitative estimate of drug-likeness (QED) is 0.0842. The molecule has 0 saturated heterocycles. The van der Waals surface area contributed by atoms with Crippen LogP contribution in [0.2, 0.25) is 0 Å². The van der Waals surface area contributed by atoms with Crippen LogP contribution < -0.4 is 67.7 Å². The van der Waals surface area contributed by atoms with E-state index in [0.29, 0.717) is 0 Å². The van der Waals surface area contributed by atoms with Gasteiger partial charge in [0.05, 0.1) is 16.7 Å². The summed E-state index contributed by atoms with van der Waals surface area (Å²) < 4.78 is 2.53. The maximum atomic E-state index is 2.67. The Balaban J connectivity index is 0.996. The average Bonchev–Trinajstić information content (AvgIpc) is 0.761. The van der Waals surface area contributed by atoms with Crippen molar-refractivity contribution in [2.45, 2.75) is 0 Å². The Kier molecular flexibility index (Phi) is 14.0. The van der Waals surface area contributed by atoms with Gasteiger partial charge in [0, 0.05) is 50.5 Å². The number of nitrogens with zero attached hydrogens (tertiary/aromatic N) is 3. The minimum absolute atomic E-state index is 0.203. The topological polar surface area (TPSA) is 11.4 Å². The molecule has 1 aromatic heterocycles. The Bertz CT molecular complexity index is 5290. The maximum absolute atomic E-state index is 3.10. The first kappa shape index (κ1) is 56.9. The van der Waals surface area contributed by atoms with Crippen molar-refractivity contribution in [2.24, 2.45) is 0 Å². The molecular formula is C90H64BN3Si2. The fourth-order valence-corrected chi connectivity index (χ4v) is 26.0. The summed E-state index contributed by atoms with van der Waals surface area (Å²) in [5.41, 5.74) is 18.6. The standard InChI is InChI=1S/C90H64BN3Si2/c1-9-32-65(33-10-1)67-36-29-37-68(60-67)92-86-64-78(96(74-45-19-6-20-46-74,75-47-21-7-22-48-75)76-49-23-8-24-50-76)58-59-82(86)91-83-55-31-54-79(66-34-11-2-12-35-66)90(83)94(88-63-70(62-87(92)89(88)91)93-84-56-27-25-52-80(84)81-53-26-28-57-85(81)93)69-38-30-51-77(61-69)95(71-39-13-3-14-40-71,72-41-15-4-16-42-72)73-43-17-5-18-44-73/h1-64H. The summed E-state index contributed by atoms with van der Waals surface area (Å²) in [6.07, 6.45) is 0. The van der Waals surface area contributed by atoms with Gasteiger partial charge < -0.3 is 14.4 Å². The normalized spacial score (nSPS) is 12.5. The Morgan fingerprint density at radius 1 is 0.229 bits per heavy atom. The van der Waals surface area contributed by atoms with Gasteiger partial charge in [-0.1, -0.05) is 334 Å². The van der Waals surface area contributed by atoms with Crippen molar-refractivity contribution in [3.05, 3.63) is 388 Å². The first-order valence-electron chi connectivity index (χ1n) is 33.3. The highest BCUT2D eigenvalue weighted by atomic mass is 28.3. The van der Waals surface area contributed by atoms with Crippen molar-refractivity contribution >= 4 is 137 Å². The van der Waals surface area contributed by atoms with Crippen molar-refractivity contribution in [2.75, 3.05) is 9.80 Å². The summed E-state index contributed by atoms with van der Waals surface area (Å²) in [5.74, 6) is 0. The molecule has 2 aliphatic heterocycles. The number of benzene rings is 15. The summed E-state index contributed by atoms with van der Waals surface area (Å²) >= 11 is 0. The molecule has 0 bridgehead atoms. The molecular weight excluding hydrogens is 1190 g/mol. The van der Waals surface area contributed by atoms with Crippen LogP contribution in [0.5, 0.6) is 0 Å². The zero-order valence-corrected chi connectivity index (χ0v) is 54.9. The third-order valence-corrected chi connectivity index (χ3v) is 30.0. The van der Waals surface area contributed by atoms with Crippen LogP contribution in [0.25, 0.3) is 49.7 Å². The predicted octanol–water partition coefficient (Wildman–Crippen LogP) is 15.0. The van der Waals surface area contributed by atoms with Crippen LogP contribution in [-0.4, -0.2) is 27.4 Å². The van der Waals surface area contributed by atoms with Gasteiger partial charge in [-0.2, -0.15) is 0 Å². The minimum atomic E-state index is -3.10. The Labute approximate surface area is 563 Å². The van der Waals surface area contributed by atoms with Crippen molar-refractivity contribution in [1.82, 2.24) is 4.57 Å². The Morgan fingerprint density at radius 3 is 1.11 bits per heavy atom. The lowest BCUT2D eigenvalue weighted by Crippen LogP contribution is -2.75. The molecule has 15 aromatic carbocycles. The third kappa shape index (κ3) is 9.01. The summed E-state index contributed by atoms with van der Waals surface area (Å²) in [4.78, 5) is 5.32. The van der Waals surface area contributed by atoms with Gasteiger partial charge in [-0.15, -0.1) is 0 Å². The summed E-state index contributed by atoms with van der Waals surface area (Å²) in [6, 6.07) is 147. The van der Waals surface area contributed by atoms with E-state index in [2.05, 4.69) is 403 Å². The second kappa shape index (κ2) is 23.6. The Hall–Kier alpha value is -11.8. The Morgan fingerprint density at radius 2 is 0.615 bits per heavy atom. The highest BCUT2D eigenvalue weighted by molar-refractivity contribution is 7.20. The second-order valence-electron chi connectivity index (χ2n) is 25.4. The van der Waals surface area contributed by atoms with Gasteiger partial charge in [-0.05, 0) is 129 Å². The molecule has 3 nitrogen and oxygen atoms in total. The lowest BCUT2D eigenvalue weighted by molar-refractivity contribution is 1.16. The van der Waals surface area contributed by atoms with Gasteiger partial charge in [0.15, 0.2) is 16.1 Å². The molecule has 0 spiro atoms. The number of hydrogen-bond acceptors (Lipinski definition) is 2. The molecule has 0 unspecified atom stereocenters. The molecule has 6 heteroatoms. The summed E-state index contributed by atoms with van der Waals surface area (Å²) in [7, 11) is -6.16. The van der Waals surface area contributed by atoms with Gasteiger partial charge >= 0.3 is 0 Å². The van der Waals surface area contributed by atoms with Crippen LogP contribution in [0.15, 0.2) is 388 Å². The van der Waals surface area contributed by atoms with Gasteiger partial charge in [0.25, 0.3) is 6.71 Å². The molecule has 0 saturated carbocycles. The molecule has 2 aliphatic rings. The van der Waals surface area contributed by atoms with E-state index >= 15 is 0 Å². The van der Waals surface area contributed by atoms with Crippen molar-refractivity contribution in [3.63, 3.8) is 0 Å². The monoisotopic (exact) mass is 1250 g/mol. The van der Waals surface area contributed by atoms with Gasteiger partial charge in [0.1, 0.15) is 0 Å². The van der Waals surface area contributed by atoms with Crippen LogP contribution in [0.3, 0.4) is 0 Å². The smallest absolute Gasteiger partial charge is 0.252 e. The number of hydrogen-bond donors (Lipinski definition) is 0. The van der Waals surface area contributed by atoms with Crippen molar-refractivity contribution in [3.8, 4) is 27.9 Å². The molecule has 0 amide bonds. The number of aromatic nitrogens is 1. The molecule has 0 radical (unpaired) electrons. The molecule has 0 N–H and O–H groups in total. The SMILES string of the molecule is c1ccc(-c2cccc(N3c4cc([Si](c5ccccc5)(c5ccccc5)c5ccccc5)ccc4B4c5cccc(-c6ccccc6)c5N(c5cccc([Si](c6ccccc6)(c6ccccc6)c6ccccc6)c5)c5cc(-n6c7ccccc7c7ccccc76)cc3c54)c2)cc1. The van der Waals surface area contributed by atoms with E-state index in [-0.39, 0.29) is 6.71 Å². The average molecular weight is 1250 g/mol.